The van der Waals surface area contributed by atoms with Crippen LogP contribution in [0.15, 0.2) is 36.4 Å². The van der Waals surface area contributed by atoms with Crippen molar-refractivity contribution in [3.63, 3.8) is 0 Å². The largest absolute Gasteiger partial charge is 0.491 e. The molecule has 1 unspecified atom stereocenters. The highest BCUT2D eigenvalue weighted by Crippen LogP contribution is 2.42. The van der Waals surface area contributed by atoms with E-state index in [4.69, 9.17) is 26.8 Å². The van der Waals surface area contributed by atoms with Gasteiger partial charge < -0.3 is 15.2 Å². The lowest BCUT2D eigenvalue weighted by molar-refractivity contribution is 0.300. The summed E-state index contributed by atoms with van der Waals surface area (Å²) >= 11 is 6.49. The van der Waals surface area contributed by atoms with Crippen LogP contribution < -0.4 is 15.2 Å². The van der Waals surface area contributed by atoms with E-state index < -0.39 is 9.84 Å². The molecular formula is C26H27ClN4O4S. The van der Waals surface area contributed by atoms with Gasteiger partial charge in [-0.15, -0.1) is 0 Å². The second-order valence-corrected chi connectivity index (χ2v) is 11.4. The predicted octanol–water partition coefficient (Wildman–Crippen LogP) is 4.57. The Morgan fingerprint density at radius 3 is 2.72 bits per heavy atom. The molecule has 1 atom stereocenters. The minimum absolute atomic E-state index is 0.124. The lowest BCUT2D eigenvalue weighted by Crippen LogP contribution is -2.10. The molecule has 1 aliphatic rings. The van der Waals surface area contributed by atoms with E-state index >= 15 is 0 Å². The van der Waals surface area contributed by atoms with Crippen molar-refractivity contribution in [1.29, 1.82) is 5.26 Å². The first kappa shape index (κ1) is 25.7. The summed E-state index contributed by atoms with van der Waals surface area (Å²) in [6.45, 7) is 2.64. The first-order chi connectivity index (χ1) is 17.2. The molecule has 1 heterocycles. The number of benzene rings is 2. The quantitative estimate of drug-likeness (QED) is 0.429. The maximum atomic E-state index is 11.6. The van der Waals surface area contributed by atoms with Crippen LogP contribution in [0.5, 0.6) is 11.5 Å². The van der Waals surface area contributed by atoms with E-state index in [1.54, 1.807) is 6.07 Å². The van der Waals surface area contributed by atoms with Crippen molar-refractivity contribution in [3.05, 3.63) is 75.2 Å². The summed E-state index contributed by atoms with van der Waals surface area (Å²) < 4.78 is 34.8. The number of halogens is 1. The minimum atomic E-state index is -3.28. The first-order valence-corrected chi connectivity index (χ1v) is 14.0. The molecule has 0 amide bonds. The van der Waals surface area contributed by atoms with Gasteiger partial charge in [0, 0.05) is 18.2 Å². The van der Waals surface area contributed by atoms with Crippen molar-refractivity contribution in [2.45, 2.75) is 44.5 Å². The van der Waals surface area contributed by atoms with Crippen LogP contribution in [0.2, 0.25) is 5.02 Å². The van der Waals surface area contributed by atoms with E-state index in [0.29, 0.717) is 34.4 Å². The van der Waals surface area contributed by atoms with Gasteiger partial charge in [-0.2, -0.15) is 5.26 Å². The summed E-state index contributed by atoms with van der Waals surface area (Å²) in [7, 11) is -3.28. The zero-order chi connectivity index (χ0) is 25.9. The maximum Gasteiger partial charge on any atom is 0.155 e. The van der Waals surface area contributed by atoms with Gasteiger partial charge in [-0.1, -0.05) is 24.6 Å². The lowest BCUT2D eigenvalue weighted by atomic mass is 9.91. The van der Waals surface area contributed by atoms with Gasteiger partial charge >= 0.3 is 0 Å². The van der Waals surface area contributed by atoms with Crippen molar-refractivity contribution in [2.75, 3.05) is 18.6 Å². The highest BCUT2D eigenvalue weighted by molar-refractivity contribution is 7.89. The van der Waals surface area contributed by atoms with Crippen LogP contribution in [0.3, 0.4) is 0 Å². The van der Waals surface area contributed by atoms with Crippen molar-refractivity contribution in [1.82, 2.24) is 9.97 Å². The smallest absolute Gasteiger partial charge is 0.155 e. The fourth-order valence-corrected chi connectivity index (χ4v) is 5.27. The summed E-state index contributed by atoms with van der Waals surface area (Å²) in [5.74, 6) is 1.30. The minimum Gasteiger partial charge on any atom is -0.491 e. The molecule has 2 aromatic carbocycles. The van der Waals surface area contributed by atoms with E-state index in [2.05, 4.69) is 16.0 Å². The van der Waals surface area contributed by atoms with Gasteiger partial charge in [-0.3, -0.25) is 0 Å². The van der Waals surface area contributed by atoms with Gasteiger partial charge in [0.15, 0.2) is 15.6 Å². The van der Waals surface area contributed by atoms with Gasteiger partial charge in [-0.05, 0) is 60.2 Å². The number of nitrogens with zero attached hydrogens (tertiary/aromatic N) is 3. The Labute approximate surface area is 216 Å². The molecule has 0 saturated carbocycles. The number of sulfone groups is 1. The molecule has 10 heteroatoms. The van der Waals surface area contributed by atoms with Crippen LogP contribution in [0.4, 0.5) is 5.82 Å². The Balaban J connectivity index is 1.51. The summed E-state index contributed by atoms with van der Waals surface area (Å²) in [5.41, 5.74) is 10.1. The molecule has 188 valence electrons. The molecule has 2 N–H and O–H groups in total. The van der Waals surface area contributed by atoms with Crippen molar-refractivity contribution in [3.8, 4) is 17.6 Å². The molecule has 0 aliphatic heterocycles. The average Bonchev–Trinajstić information content (AvgIpc) is 3.23. The van der Waals surface area contributed by atoms with Gasteiger partial charge in [0.2, 0.25) is 0 Å². The number of fused-ring (bicyclic) bond motifs is 1. The molecule has 0 bridgehead atoms. The van der Waals surface area contributed by atoms with Crippen LogP contribution in [-0.4, -0.2) is 31.2 Å². The molecule has 4 rings (SSSR count). The van der Waals surface area contributed by atoms with E-state index in [0.717, 1.165) is 31.1 Å². The third kappa shape index (κ3) is 6.07. The zero-order valence-electron chi connectivity index (χ0n) is 20.1. The summed E-state index contributed by atoms with van der Waals surface area (Å²) in [6.07, 6.45) is 3.71. The molecule has 1 aliphatic carbocycles. The molecule has 0 saturated heterocycles. The lowest BCUT2D eigenvalue weighted by Gasteiger charge is -2.16. The predicted molar refractivity (Wildman–Crippen MR) is 138 cm³/mol. The van der Waals surface area contributed by atoms with E-state index in [1.165, 1.54) is 11.1 Å². The fraction of sp³-hybridized carbons (Fsp3) is 0.346. The number of aromatic nitrogens is 2. The van der Waals surface area contributed by atoms with Crippen molar-refractivity contribution in [2.24, 2.45) is 0 Å². The molecule has 0 fully saturated rings. The number of nitrogen functional groups attached to an aromatic ring is 1. The van der Waals surface area contributed by atoms with Crippen LogP contribution in [0, 0.1) is 11.3 Å². The first-order valence-electron chi connectivity index (χ1n) is 11.6. The fourth-order valence-electron chi connectivity index (χ4n) is 4.38. The Hall–Kier alpha value is -3.35. The highest BCUT2D eigenvalue weighted by Gasteiger charge is 2.26. The number of nitrogens with two attached hydrogens (primary N) is 1. The Bertz CT molecular complexity index is 1440. The molecule has 0 spiro atoms. The number of hydrogen-bond donors (Lipinski definition) is 1. The second kappa shape index (κ2) is 10.7. The number of nitriles is 1. The van der Waals surface area contributed by atoms with Gasteiger partial charge in [-0.25, -0.2) is 18.4 Å². The normalized spacial score (nSPS) is 14.8. The van der Waals surface area contributed by atoms with Crippen molar-refractivity contribution < 1.29 is 17.9 Å². The average molecular weight is 527 g/mol. The number of hydrogen-bond acceptors (Lipinski definition) is 8. The molecule has 0 radical (unpaired) electrons. The molecule has 1 aromatic heterocycles. The topological polar surface area (TPSA) is 128 Å². The SMILES string of the molecule is CCCOc1c(Cl)cc(C2CCc3cc(OCc4cc(N)nc(CS(C)(=O)=O)n4)ccc32)cc1C#N. The maximum absolute atomic E-state index is 11.6. The van der Waals surface area contributed by atoms with E-state index in [1.807, 2.05) is 37.3 Å². The van der Waals surface area contributed by atoms with E-state index in [-0.39, 0.29) is 29.9 Å². The highest BCUT2D eigenvalue weighted by atomic mass is 35.5. The number of aryl methyl sites for hydroxylation is 1. The molecule has 36 heavy (non-hydrogen) atoms. The second-order valence-electron chi connectivity index (χ2n) is 8.85. The molecule has 8 nitrogen and oxygen atoms in total. The Morgan fingerprint density at radius 1 is 1.19 bits per heavy atom. The van der Waals surface area contributed by atoms with Crippen LogP contribution in [-0.2, 0) is 28.6 Å². The van der Waals surface area contributed by atoms with E-state index in [9.17, 15) is 13.7 Å². The Morgan fingerprint density at radius 2 is 2.00 bits per heavy atom. The monoisotopic (exact) mass is 526 g/mol. The summed E-state index contributed by atoms with van der Waals surface area (Å²) in [5, 5.41) is 10.1. The van der Waals surface area contributed by atoms with Gasteiger partial charge in [0.1, 0.15) is 35.8 Å². The van der Waals surface area contributed by atoms with Gasteiger partial charge in [0.05, 0.1) is 22.9 Å². The third-order valence-electron chi connectivity index (χ3n) is 5.85. The number of anilines is 1. The standard InChI is InChI=1S/C26H27ClN4O4S/c1-3-8-34-26-18(13-28)9-17(11-23(26)27)22-6-4-16-10-20(5-7-21(16)22)35-14-19-12-24(29)31-25(30-19)15-36(2,32)33/h5,7,9-12,22H,3-4,6,8,14-15H2,1-2H3,(H2,29,30,31). The number of ether oxygens (including phenoxy) is 2. The van der Waals surface area contributed by atoms with Crippen LogP contribution in [0.25, 0.3) is 0 Å². The van der Waals surface area contributed by atoms with Crippen LogP contribution in [0.1, 0.15) is 59.5 Å². The van der Waals surface area contributed by atoms with Crippen molar-refractivity contribution >= 4 is 27.3 Å². The summed E-state index contributed by atoms with van der Waals surface area (Å²) in [6, 6.07) is 13.5. The molecule has 3 aromatic rings. The van der Waals surface area contributed by atoms with Crippen LogP contribution >= 0.6 is 11.6 Å². The zero-order valence-corrected chi connectivity index (χ0v) is 21.7. The van der Waals surface area contributed by atoms with Gasteiger partial charge in [0.25, 0.3) is 0 Å². The third-order valence-corrected chi connectivity index (χ3v) is 6.92. The Kier molecular flexibility index (Phi) is 7.67. The number of rotatable bonds is 9. The summed E-state index contributed by atoms with van der Waals surface area (Å²) in [4.78, 5) is 8.26. The molecular weight excluding hydrogens is 500 g/mol.